The van der Waals surface area contributed by atoms with Crippen LogP contribution in [0.1, 0.15) is 11.3 Å². The third-order valence-electron chi connectivity index (χ3n) is 3.02. The summed E-state index contributed by atoms with van der Waals surface area (Å²) < 4.78 is 5.68. The molecular weight excluding hydrogens is 252 g/mol. The van der Waals surface area contributed by atoms with Gasteiger partial charge in [0.05, 0.1) is 11.5 Å². The summed E-state index contributed by atoms with van der Waals surface area (Å²) in [5.74, 6) is 1.04. The van der Waals surface area contributed by atoms with Crippen molar-refractivity contribution >= 4 is 23.1 Å². The van der Waals surface area contributed by atoms with Crippen LogP contribution in [0.5, 0.6) is 11.5 Å². The van der Waals surface area contributed by atoms with E-state index in [1.54, 1.807) is 42.5 Å². The Kier molecular flexibility index (Phi) is 3.09. The molecular formula is C17H13O3+. The second-order valence-corrected chi connectivity index (χ2v) is 4.45. The average Bonchev–Trinajstić information content (AvgIpc) is 2.46. The summed E-state index contributed by atoms with van der Waals surface area (Å²) in [5, 5.41) is 20.1. The van der Waals surface area contributed by atoms with Crippen LogP contribution in [0.15, 0.2) is 59.0 Å². The van der Waals surface area contributed by atoms with Gasteiger partial charge in [-0.2, -0.15) is 0 Å². The van der Waals surface area contributed by atoms with E-state index in [-0.39, 0.29) is 11.5 Å². The van der Waals surface area contributed by atoms with E-state index in [1.807, 2.05) is 24.3 Å². The van der Waals surface area contributed by atoms with Crippen LogP contribution >= 0.6 is 0 Å². The first-order valence-corrected chi connectivity index (χ1v) is 6.24. The van der Waals surface area contributed by atoms with Crippen LogP contribution in [0.3, 0.4) is 0 Å². The van der Waals surface area contributed by atoms with E-state index < -0.39 is 0 Å². The van der Waals surface area contributed by atoms with Gasteiger partial charge in [0.2, 0.25) is 0 Å². The highest BCUT2D eigenvalue weighted by molar-refractivity contribution is 5.80. The monoisotopic (exact) mass is 265 g/mol. The molecule has 98 valence electrons. The normalized spacial score (nSPS) is 11.2. The highest BCUT2D eigenvalue weighted by atomic mass is 16.3. The summed E-state index contributed by atoms with van der Waals surface area (Å²) in [4.78, 5) is 0. The predicted octanol–water partition coefficient (Wildman–Crippen LogP) is 4.30. The lowest BCUT2D eigenvalue weighted by molar-refractivity contribution is 0.473. The smallest absolute Gasteiger partial charge is 0.364 e. The molecule has 0 aliphatic carbocycles. The molecule has 0 radical (unpaired) electrons. The van der Waals surface area contributed by atoms with Gasteiger partial charge >= 0.3 is 11.3 Å². The molecule has 0 saturated carbocycles. The Bertz CT molecular complexity index is 791. The molecule has 0 fully saturated rings. The molecule has 0 aliphatic heterocycles. The maximum atomic E-state index is 9.68. The van der Waals surface area contributed by atoms with E-state index in [0.717, 1.165) is 10.9 Å². The van der Waals surface area contributed by atoms with Crippen molar-refractivity contribution in [1.29, 1.82) is 0 Å². The number of hydrogen-bond acceptors (Lipinski definition) is 2. The Morgan fingerprint density at radius 3 is 2.50 bits per heavy atom. The summed E-state index contributed by atoms with van der Waals surface area (Å²) >= 11 is 0. The van der Waals surface area contributed by atoms with Gasteiger partial charge in [0.25, 0.3) is 0 Å². The largest absolute Gasteiger partial charge is 0.508 e. The van der Waals surface area contributed by atoms with Gasteiger partial charge in [0.15, 0.2) is 0 Å². The van der Waals surface area contributed by atoms with E-state index in [0.29, 0.717) is 11.3 Å². The predicted molar refractivity (Wildman–Crippen MR) is 79.3 cm³/mol. The Labute approximate surface area is 116 Å². The highest BCUT2D eigenvalue weighted by Gasteiger charge is 2.10. The number of hydrogen-bond donors (Lipinski definition) is 2. The Morgan fingerprint density at radius 1 is 0.850 bits per heavy atom. The van der Waals surface area contributed by atoms with E-state index in [1.165, 1.54) is 0 Å². The zero-order valence-corrected chi connectivity index (χ0v) is 10.7. The molecule has 0 atom stereocenters. The fourth-order valence-electron chi connectivity index (χ4n) is 1.97. The fourth-order valence-corrected chi connectivity index (χ4v) is 1.97. The molecule has 20 heavy (non-hydrogen) atoms. The van der Waals surface area contributed by atoms with Gasteiger partial charge in [-0.1, -0.05) is 18.2 Å². The van der Waals surface area contributed by atoms with E-state index in [2.05, 4.69) is 0 Å². The second kappa shape index (κ2) is 5.05. The summed E-state index contributed by atoms with van der Waals surface area (Å²) in [7, 11) is 0. The number of benzene rings is 2. The van der Waals surface area contributed by atoms with Crippen molar-refractivity contribution < 1.29 is 14.6 Å². The number of para-hydroxylation sites is 1. The molecule has 3 heteroatoms. The van der Waals surface area contributed by atoms with Crippen LogP contribution in [0.2, 0.25) is 0 Å². The zero-order chi connectivity index (χ0) is 13.9. The molecule has 2 N–H and O–H groups in total. The van der Waals surface area contributed by atoms with Crippen LogP contribution in [0.25, 0.3) is 23.1 Å². The Morgan fingerprint density at radius 2 is 1.65 bits per heavy atom. The zero-order valence-electron chi connectivity index (χ0n) is 10.7. The van der Waals surface area contributed by atoms with Crippen molar-refractivity contribution in [3.05, 3.63) is 65.9 Å². The molecule has 1 aromatic heterocycles. The van der Waals surface area contributed by atoms with Gasteiger partial charge in [-0.3, -0.25) is 0 Å². The minimum atomic E-state index is 0.170. The second-order valence-electron chi connectivity index (χ2n) is 4.45. The van der Waals surface area contributed by atoms with Crippen molar-refractivity contribution in [2.45, 2.75) is 0 Å². The molecule has 0 saturated heterocycles. The van der Waals surface area contributed by atoms with Crippen LogP contribution in [-0.2, 0) is 0 Å². The molecule has 0 amide bonds. The summed E-state index contributed by atoms with van der Waals surface area (Å²) in [6.07, 6.45) is 3.56. The summed E-state index contributed by atoms with van der Waals surface area (Å²) in [6, 6.07) is 15.8. The summed E-state index contributed by atoms with van der Waals surface area (Å²) in [6.45, 7) is 0. The number of fused-ring (bicyclic) bond motifs is 1. The Balaban J connectivity index is 1.97. The maximum Gasteiger partial charge on any atom is 0.364 e. The molecule has 0 aliphatic rings. The van der Waals surface area contributed by atoms with Gasteiger partial charge in [0, 0.05) is 17.7 Å². The lowest BCUT2D eigenvalue weighted by atomic mass is 10.1. The van der Waals surface area contributed by atoms with Crippen LogP contribution in [0.4, 0.5) is 0 Å². The number of aromatic hydroxyl groups is 2. The van der Waals surface area contributed by atoms with E-state index >= 15 is 0 Å². The molecule has 0 unspecified atom stereocenters. The van der Waals surface area contributed by atoms with Crippen LogP contribution in [0, 0.1) is 0 Å². The van der Waals surface area contributed by atoms with Crippen molar-refractivity contribution in [3.63, 3.8) is 0 Å². The highest BCUT2D eigenvalue weighted by Crippen LogP contribution is 2.23. The Hall–Kier alpha value is -2.81. The number of phenolic OH excluding ortho intramolecular Hbond substituents is 2. The van der Waals surface area contributed by atoms with Crippen LogP contribution in [-0.4, -0.2) is 10.2 Å². The molecule has 0 spiro atoms. The minimum absolute atomic E-state index is 0.170. The van der Waals surface area contributed by atoms with E-state index in [4.69, 9.17) is 4.42 Å². The first kappa shape index (κ1) is 12.2. The van der Waals surface area contributed by atoms with Crippen molar-refractivity contribution in [2.75, 3.05) is 0 Å². The van der Waals surface area contributed by atoms with Crippen molar-refractivity contribution in [1.82, 2.24) is 0 Å². The molecule has 1 heterocycles. The fraction of sp³-hybridized carbons (Fsp3) is 0. The van der Waals surface area contributed by atoms with Gasteiger partial charge in [-0.25, -0.2) is 4.42 Å². The van der Waals surface area contributed by atoms with E-state index in [9.17, 15) is 10.2 Å². The van der Waals surface area contributed by atoms with Crippen molar-refractivity contribution in [2.24, 2.45) is 0 Å². The number of rotatable bonds is 2. The summed E-state index contributed by atoms with van der Waals surface area (Å²) in [5.41, 5.74) is 1.34. The van der Waals surface area contributed by atoms with Crippen LogP contribution < -0.4 is 0 Å². The lowest BCUT2D eigenvalue weighted by Gasteiger charge is -1.95. The quantitative estimate of drug-likeness (QED) is 0.679. The average molecular weight is 265 g/mol. The standard InChI is InChI=1S/C17H12O3/c18-14-8-5-13-7-10-15(20-17(13)11-14)9-6-12-3-1-2-4-16(12)19/h1-11H,(H-,18,19)/p+1/b9-6+. The minimum Gasteiger partial charge on any atom is -0.508 e. The first-order valence-electron chi connectivity index (χ1n) is 6.24. The SMILES string of the molecule is Oc1ccc2ccc(/C=C/c3ccccc3O)[o+]c2c1. The molecule has 3 aromatic rings. The third kappa shape index (κ3) is 2.47. The number of phenols is 2. The topological polar surface area (TPSA) is 51.8 Å². The van der Waals surface area contributed by atoms with Gasteiger partial charge < -0.3 is 10.2 Å². The van der Waals surface area contributed by atoms with Gasteiger partial charge in [-0.15, -0.1) is 0 Å². The first-order chi connectivity index (χ1) is 9.72. The maximum absolute atomic E-state index is 9.68. The van der Waals surface area contributed by atoms with Gasteiger partial charge in [0.1, 0.15) is 11.5 Å². The molecule has 3 rings (SSSR count). The molecule has 3 nitrogen and oxygen atoms in total. The van der Waals surface area contributed by atoms with Crippen molar-refractivity contribution in [3.8, 4) is 11.5 Å². The third-order valence-corrected chi connectivity index (χ3v) is 3.02. The molecule has 2 aromatic carbocycles. The lowest BCUT2D eigenvalue weighted by Crippen LogP contribution is -1.77. The molecule has 0 bridgehead atoms. The van der Waals surface area contributed by atoms with Gasteiger partial charge in [-0.05, 0) is 30.3 Å².